The van der Waals surface area contributed by atoms with Gasteiger partial charge in [0.2, 0.25) is 0 Å². The van der Waals surface area contributed by atoms with Gasteiger partial charge in [-0.15, -0.1) is 0 Å². The molecule has 0 aliphatic rings. The Hall–Kier alpha value is -2.54. The molecule has 0 fully saturated rings. The van der Waals surface area contributed by atoms with E-state index in [0.29, 0.717) is 12.2 Å². The van der Waals surface area contributed by atoms with E-state index in [9.17, 15) is 4.79 Å². The van der Waals surface area contributed by atoms with Crippen LogP contribution < -0.4 is 10.5 Å². The maximum absolute atomic E-state index is 12.2. The normalized spacial score (nSPS) is 9.95. The van der Waals surface area contributed by atoms with E-state index in [1.165, 1.54) is 0 Å². The molecule has 1 heterocycles. The first-order valence-corrected chi connectivity index (χ1v) is 5.98. The highest BCUT2D eigenvalue weighted by Gasteiger charge is 2.11. The van der Waals surface area contributed by atoms with Gasteiger partial charge in [-0.05, 0) is 11.6 Å². The first kappa shape index (κ1) is 12.9. The monoisotopic (exact) mass is 253 g/mol. The fraction of sp³-hybridized carbons (Fsp3) is 0.200. The maximum atomic E-state index is 12.2. The highest BCUT2D eigenvalue weighted by Crippen LogP contribution is 2.13. The van der Waals surface area contributed by atoms with Crippen LogP contribution in [0.1, 0.15) is 11.1 Å². The number of anilines is 1. The van der Waals surface area contributed by atoms with E-state index in [2.05, 4.69) is 0 Å². The lowest BCUT2D eigenvalue weighted by atomic mass is 10.2. The molecule has 96 valence electrons. The summed E-state index contributed by atoms with van der Waals surface area (Å²) in [7, 11) is 3.63. The van der Waals surface area contributed by atoms with Crippen molar-refractivity contribution in [3.8, 4) is 6.07 Å². The van der Waals surface area contributed by atoms with Crippen molar-refractivity contribution >= 4 is 5.69 Å². The molecule has 0 bridgehead atoms. The first-order chi connectivity index (χ1) is 9.13. The second-order valence-electron chi connectivity index (χ2n) is 4.50. The molecule has 0 atom stereocenters. The standard InChI is InChI=1S/C15H15N3O/c1-17(2)14-8-9-18(15(19)13(14)10-16)11-12-6-4-3-5-7-12/h3-9H,11H2,1-2H3. The lowest BCUT2D eigenvalue weighted by molar-refractivity contribution is 0.755. The lowest BCUT2D eigenvalue weighted by Gasteiger charge is -2.15. The largest absolute Gasteiger partial charge is 0.376 e. The summed E-state index contributed by atoms with van der Waals surface area (Å²) in [6.45, 7) is 0.474. The fourth-order valence-corrected chi connectivity index (χ4v) is 1.95. The van der Waals surface area contributed by atoms with Crippen LogP contribution in [-0.4, -0.2) is 18.7 Å². The van der Waals surface area contributed by atoms with Gasteiger partial charge in [0, 0.05) is 20.3 Å². The minimum Gasteiger partial charge on any atom is -0.376 e. The molecule has 1 aromatic carbocycles. The van der Waals surface area contributed by atoms with Crippen molar-refractivity contribution in [1.29, 1.82) is 5.26 Å². The topological polar surface area (TPSA) is 49.0 Å². The van der Waals surface area contributed by atoms with Crippen LogP contribution in [0.5, 0.6) is 0 Å². The molecule has 0 spiro atoms. The summed E-state index contributed by atoms with van der Waals surface area (Å²) in [6.07, 6.45) is 1.73. The number of hydrogen-bond acceptors (Lipinski definition) is 3. The molecule has 0 saturated carbocycles. The van der Waals surface area contributed by atoms with Crippen molar-refractivity contribution in [3.63, 3.8) is 0 Å². The van der Waals surface area contributed by atoms with Crippen molar-refractivity contribution in [2.24, 2.45) is 0 Å². The minimum absolute atomic E-state index is 0.184. The molecule has 0 unspecified atom stereocenters. The molecule has 0 aliphatic heterocycles. The molecule has 0 amide bonds. The van der Waals surface area contributed by atoms with Crippen molar-refractivity contribution in [3.05, 3.63) is 64.1 Å². The lowest BCUT2D eigenvalue weighted by Crippen LogP contribution is -2.25. The predicted molar refractivity (Wildman–Crippen MR) is 75.3 cm³/mol. The quantitative estimate of drug-likeness (QED) is 0.838. The average Bonchev–Trinajstić information content (AvgIpc) is 2.41. The Bertz CT molecular complexity index is 666. The van der Waals surface area contributed by atoms with Crippen LogP contribution in [0.3, 0.4) is 0 Å². The third-order valence-corrected chi connectivity index (χ3v) is 2.93. The molecule has 4 nitrogen and oxygen atoms in total. The Balaban J connectivity index is 2.45. The van der Waals surface area contributed by atoms with E-state index < -0.39 is 0 Å². The van der Waals surface area contributed by atoms with Crippen LogP contribution in [0.25, 0.3) is 0 Å². The zero-order valence-electron chi connectivity index (χ0n) is 11.0. The van der Waals surface area contributed by atoms with Gasteiger partial charge >= 0.3 is 0 Å². The number of pyridine rings is 1. The molecule has 4 heteroatoms. The summed E-state index contributed by atoms with van der Waals surface area (Å²) in [5.41, 5.74) is 1.61. The molecule has 2 aromatic rings. The summed E-state index contributed by atoms with van der Waals surface area (Å²) in [5, 5.41) is 9.15. The molecule has 0 aliphatic carbocycles. The van der Waals surface area contributed by atoms with Gasteiger partial charge in [0.25, 0.3) is 5.56 Å². The van der Waals surface area contributed by atoms with Crippen molar-refractivity contribution in [2.45, 2.75) is 6.54 Å². The molecule has 2 rings (SSSR count). The Labute approximate surface area is 112 Å². The van der Waals surface area contributed by atoms with Gasteiger partial charge in [-0.2, -0.15) is 5.26 Å². The molecule has 0 N–H and O–H groups in total. The summed E-state index contributed by atoms with van der Waals surface area (Å²) in [5.74, 6) is 0. The minimum atomic E-state index is -0.252. The smallest absolute Gasteiger partial charge is 0.270 e. The van der Waals surface area contributed by atoms with Gasteiger partial charge in [-0.1, -0.05) is 30.3 Å². The van der Waals surface area contributed by atoms with Gasteiger partial charge in [0.05, 0.1) is 12.2 Å². The molecule has 0 radical (unpaired) electrons. The van der Waals surface area contributed by atoms with Crippen LogP contribution in [0.15, 0.2) is 47.4 Å². The Morgan fingerprint density at radius 3 is 2.47 bits per heavy atom. The summed E-state index contributed by atoms with van der Waals surface area (Å²) in [4.78, 5) is 14.0. The zero-order chi connectivity index (χ0) is 13.8. The second kappa shape index (κ2) is 5.40. The third-order valence-electron chi connectivity index (χ3n) is 2.93. The number of hydrogen-bond donors (Lipinski definition) is 0. The van der Waals surface area contributed by atoms with E-state index in [1.807, 2.05) is 50.5 Å². The SMILES string of the molecule is CN(C)c1ccn(Cc2ccccc2)c(=O)c1C#N. The molecule has 19 heavy (non-hydrogen) atoms. The van der Waals surface area contributed by atoms with Gasteiger partial charge in [0.15, 0.2) is 0 Å². The van der Waals surface area contributed by atoms with Crippen molar-refractivity contribution in [2.75, 3.05) is 19.0 Å². The number of nitrogens with zero attached hydrogens (tertiary/aromatic N) is 3. The maximum Gasteiger partial charge on any atom is 0.270 e. The van der Waals surface area contributed by atoms with Gasteiger partial charge in [0.1, 0.15) is 11.6 Å². The van der Waals surface area contributed by atoms with E-state index in [0.717, 1.165) is 5.56 Å². The number of benzene rings is 1. The van der Waals surface area contributed by atoms with Crippen LogP contribution >= 0.6 is 0 Å². The van der Waals surface area contributed by atoms with Gasteiger partial charge < -0.3 is 9.47 Å². The highest BCUT2D eigenvalue weighted by molar-refractivity contribution is 5.57. The summed E-state index contributed by atoms with van der Waals surface area (Å²) < 4.78 is 1.56. The first-order valence-electron chi connectivity index (χ1n) is 5.98. The molecular weight excluding hydrogens is 238 g/mol. The summed E-state index contributed by atoms with van der Waals surface area (Å²) in [6, 6.07) is 13.5. The van der Waals surface area contributed by atoms with Crippen molar-refractivity contribution < 1.29 is 0 Å². The van der Waals surface area contributed by atoms with E-state index in [4.69, 9.17) is 5.26 Å². The second-order valence-corrected chi connectivity index (χ2v) is 4.50. The Morgan fingerprint density at radius 2 is 1.89 bits per heavy atom. The van der Waals surface area contributed by atoms with Gasteiger partial charge in [-0.25, -0.2) is 0 Å². The zero-order valence-corrected chi connectivity index (χ0v) is 11.0. The van der Waals surface area contributed by atoms with Crippen LogP contribution in [0.2, 0.25) is 0 Å². The van der Waals surface area contributed by atoms with E-state index >= 15 is 0 Å². The van der Waals surface area contributed by atoms with E-state index in [1.54, 1.807) is 21.7 Å². The van der Waals surface area contributed by atoms with E-state index in [-0.39, 0.29) is 11.1 Å². The third kappa shape index (κ3) is 2.66. The molecule has 1 aromatic heterocycles. The Morgan fingerprint density at radius 1 is 1.21 bits per heavy atom. The molecule has 0 saturated heterocycles. The average molecular weight is 253 g/mol. The predicted octanol–water partition coefficient (Wildman–Crippen LogP) is 1.83. The van der Waals surface area contributed by atoms with Gasteiger partial charge in [-0.3, -0.25) is 4.79 Å². The number of rotatable bonds is 3. The van der Waals surface area contributed by atoms with Crippen LogP contribution in [0, 0.1) is 11.3 Å². The molecular formula is C15H15N3O. The fourth-order valence-electron chi connectivity index (χ4n) is 1.95. The van der Waals surface area contributed by atoms with Crippen molar-refractivity contribution in [1.82, 2.24) is 4.57 Å². The number of nitriles is 1. The summed E-state index contributed by atoms with van der Waals surface area (Å²) >= 11 is 0. The Kier molecular flexibility index (Phi) is 3.67. The van der Waals surface area contributed by atoms with Crippen LogP contribution in [-0.2, 0) is 6.54 Å². The number of aromatic nitrogens is 1. The van der Waals surface area contributed by atoms with Crippen LogP contribution in [0.4, 0.5) is 5.69 Å². The highest BCUT2D eigenvalue weighted by atomic mass is 16.1.